The third-order valence-electron chi connectivity index (χ3n) is 4.42. The van der Waals surface area contributed by atoms with E-state index >= 15 is 0 Å². The fourth-order valence-corrected chi connectivity index (χ4v) is 3.66. The van der Waals surface area contributed by atoms with Crippen molar-refractivity contribution in [1.82, 2.24) is 4.90 Å². The van der Waals surface area contributed by atoms with Gasteiger partial charge in [-0.05, 0) is 37.8 Å². The van der Waals surface area contributed by atoms with Crippen molar-refractivity contribution < 1.29 is 0 Å². The highest BCUT2D eigenvalue weighted by atomic mass is 32.2. The van der Waals surface area contributed by atoms with Gasteiger partial charge in [0.2, 0.25) is 0 Å². The highest BCUT2D eigenvalue weighted by molar-refractivity contribution is 8.00. The van der Waals surface area contributed by atoms with E-state index in [1.807, 2.05) is 0 Å². The molecule has 17 heavy (non-hydrogen) atoms. The molecule has 1 saturated heterocycles. The van der Waals surface area contributed by atoms with Crippen molar-refractivity contribution in [2.24, 2.45) is 11.1 Å². The highest BCUT2D eigenvalue weighted by Crippen LogP contribution is 2.33. The molecular formula is C14H30N2S. The van der Waals surface area contributed by atoms with Gasteiger partial charge in [0, 0.05) is 23.6 Å². The van der Waals surface area contributed by atoms with Crippen LogP contribution in [0.15, 0.2) is 0 Å². The zero-order valence-corrected chi connectivity index (χ0v) is 12.9. The smallest absolute Gasteiger partial charge is 0.0116 e. The van der Waals surface area contributed by atoms with Crippen molar-refractivity contribution in [2.75, 3.05) is 31.9 Å². The topological polar surface area (TPSA) is 29.3 Å². The molecule has 102 valence electrons. The van der Waals surface area contributed by atoms with E-state index in [4.69, 9.17) is 5.73 Å². The molecule has 0 amide bonds. The number of rotatable bonds is 5. The van der Waals surface area contributed by atoms with Gasteiger partial charge in [-0.1, -0.05) is 27.7 Å². The summed E-state index contributed by atoms with van der Waals surface area (Å²) in [4.78, 5) is 2.64. The largest absolute Gasteiger partial charge is 0.330 e. The summed E-state index contributed by atoms with van der Waals surface area (Å²) in [5, 5.41) is 0. The molecule has 0 aromatic rings. The Kier molecular flexibility index (Phi) is 5.81. The minimum absolute atomic E-state index is 0.346. The van der Waals surface area contributed by atoms with Gasteiger partial charge in [-0.3, -0.25) is 0 Å². The quantitative estimate of drug-likeness (QED) is 0.822. The minimum atomic E-state index is 0.346. The number of nitrogens with two attached hydrogens (primary N) is 1. The van der Waals surface area contributed by atoms with Crippen LogP contribution in [-0.4, -0.2) is 41.6 Å². The van der Waals surface area contributed by atoms with E-state index in [2.05, 4.69) is 44.4 Å². The standard InChI is InChI=1S/C14H30N2S/c1-5-14(6-2,11-15)12-16-8-7-13(3,4)17-10-9-16/h5-12,15H2,1-4H3. The maximum absolute atomic E-state index is 6.01. The maximum Gasteiger partial charge on any atom is 0.0116 e. The van der Waals surface area contributed by atoms with E-state index in [1.165, 1.54) is 44.6 Å². The summed E-state index contributed by atoms with van der Waals surface area (Å²) >= 11 is 2.12. The fourth-order valence-electron chi connectivity index (χ4n) is 2.52. The van der Waals surface area contributed by atoms with Crippen LogP contribution < -0.4 is 5.73 Å². The van der Waals surface area contributed by atoms with Crippen LogP contribution in [0.1, 0.15) is 47.0 Å². The lowest BCUT2D eigenvalue weighted by atomic mass is 9.82. The van der Waals surface area contributed by atoms with Crippen molar-refractivity contribution in [3.63, 3.8) is 0 Å². The number of hydrogen-bond acceptors (Lipinski definition) is 3. The van der Waals surface area contributed by atoms with Gasteiger partial charge in [0.25, 0.3) is 0 Å². The lowest BCUT2D eigenvalue weighted by molar-refractivity contribution is 0.148. The van der Waals surface area contributed by atoms with Gasteiger partial charge in [-0.2, -0.15) is 11.8 Å². The Morgan fingerprint density at radius 3 is 2.41 bits per heavy atom. The number of thioether (sulfide) groups is 1. The van der Waals surface area contributed by atoms with E-state index in [1.54, 1.807) is 0 Å². The van der Waals surface area contributed by atoms with Crippen LogP contribution in [0.4, 0.5) is 0 Å². The van der Waals surface area contributed by atoms with Gasteiger partial charge in [-0.15, -0.1) is 0 Å². The molecule has 0 spiro atoms. The summed E-state index contributed by atoms with van der Waals surface area (Å²) in [6.45, 7) is 13.8. The van der Waals surface area contributed by atoms with Crippen LogP contribution in [0.5, 0.6) is 0 Å². The first kappa shape index (κ1) is 15.3. The zero-order valence-electron chi connectivity index (χ0n) is 12.1. The molecule has 0 bridgehead atoms. The molecule has 2 nitrogen and oxygen atoms in total. The Morgan fingerprint density at radius 2 is 1.88 bits per heavy atom. The molecule has 0 radical (unpaired) electrons. The molecule has 0 saturated carbocycles. The zero-order chi connectivity index (χ0) is 12.9. The second-order valence-electron chi connectivity index (χ2n) is 6.05. The molecule has 0 atom stereocenters. The van der Waals surface area contributed by atoms with Crippen LogP contribution in [0.3, 0.4) is 0 Å². The summed E-state index contributed by atoms with van der Waals surface area (Å²) in [6.07, 6.45) is 3.70. The average Bonchev–Trinajstić information content (AvgIpc) is 2.48. The molecule has 1 aliphatic rings. The van der Waals surface area contributed by atoms with Crippen molar-refractivity contribution in [2.45, 2.75) is 51.7 Å². The minimum Gasteiger partial charge on any atom is -0.330 e. The second kappa shape index (κ2) is 6.44. The SMILES string of the molecule is CCC(CC)(CN)CN1CCSC(C)(C)CC1. The highest BCUT2D eigenvalue weighted by Gasteiger charge is 2.30. The van der Waals surface area contributed by atoms with E-state index in [0.717, 1.165) is 6.54 Å². The summed E-state index contributed by atoms with van der Waals surface area (Å²) in [5.41, 5.74) is 6.35. The molecule has 0 aromatic heterocycles. The maximum atomic E-state index is 6.01. The Balaban J connectivity index is 2.56. The molecule has 1 fully saturated rings. The number of nitrogens with zero attached hydrogens (tertiary/aromatic N) is 1. The van der Waals surface area contributed by atoms with Gasteiger partial charge in [0.05, 0.1) is 0 Å². The Hall–Kier alpha value is 0.270. The third-order valence-corrected chi connectivity index (χ3v) is 5.79. The van der Waals surface area contributed by atoms with Gasteiger partial charge in [-0.25, -0.2) is 0 Å². The lowest BCUT2D eigenvalue weighted by Gasteiger charge is -2.36. The first-order chi connectivity index (χ1) is 7.97. The number of hydrogen-bond donors (Lipinski definition) is 1. The molecule has 3 heteroatoms. The molecule has 2 N–H and O–H groups in total. The normalized spacial score (nSPS) is 22.4. The first-order valence-electron chi connectivity index (χ1n) is 7.03. The van der Waals surface area contributed by atoms with E-state index in [9.17, 15) is 0 Å². The summed E-state index contributed by atoms with van der Waals surface area (Å²) in [7, 11) is 0. The Morgan fingerprint density at radius 1 is 1.24 bits per heavy atom. The predicted molar refractivity (Wildman–Crippen MR) is 79.7 cm³/mol. The molecule has 1 aliphatic heterocycles. The van der Waals surface area contributed by atoms with E-state index < -0.39 is 0 Å². The fraction of sp³-hybridized carbons (Fsp3) is 1.00. The van der Waals surface area contributed by atoms with Crippen molar-refractivity contribution >= 4 is 11.8 Å². The van der Waals surface area contributed by atoms with Gasteiger partial charge < -0.3 is 10.6 Å². The van der Waals surface area contributed by atoms with Crippen molar-refractivity contribution in [1.29, 1.82) is 0 Å². The third kappa shape index (κ3) is 4.46. The monoisotopic (exact) mass is 258 g/mol. The van der Waals surface area contributed by atoms with Crippen LogP contribution in [0.2, 0.25) is 0 Å². The predicted octanol–water partition coefficient (Wildman–Crippen LogP) is 2.97. The lowest BCUT2D eigenvalue weighted by Crippen LogP contribution is -2.43. The van der Waals surface area contributed by atoms with Crippen molar-refractivity contribution in [3.05, 3.63) is 0 Å². The Bertz CT molecular complexity index is 216. The van der Waals surface area contributed by atoms with Gasteiger partial charge in [0.15, 0.2) is 0 Å². The summed E-state index contributed by atoms with van der Waals surface area (Å²) in [5.74, 6) is 1.26. The van der Waals surface area contributed by atoms with Crippen LogP contribution in [0, 0.1) is 5.41 Å². The molecule has 1 rings (SSSR count). The van der Waals surface area contributed by atoms with E-state index in [-0.39, 0.29) is 0 Å². The van der Waals surface area contributed by atoms with Crippen molar-refractivity contribution in [3.8, 4) is 0 Å². The van der Waals surface area contributed by atoms with Crippen LogP contribution >= 0.6 is 11.8 Å². The van der Waals surface area contributed by atoms with Gasteiger partial charge >= 0.3 is 0 Å². The molecule has 0 aromatic carbocycles. The first-order valence-corrected chi connectivity index (χ1v) is 8.02. The van der Waals surface area contributed by atoms with E-state index in [0.29, 0.717) is 10.2 Å². The molecule has 0 unspecified atom stereocenters. The molecular weight excluding hydrogens is 228 g/mol. The summed E-state index contributed by atoms with van der Waals surface area (Å²) in [6, 6.07) is 0. The van der Waals surface area contributed by atoms with Crippen LogP contribution in [-0.2, 0) is 0 Å². The Labute approximate surface area is 112 Å². The second-order valence-corrected chi connectivity index (χ2v) is 7.85. The summed E-state index contributed by atoms with van der Waals surface area (Å²) < 4.78 is 0.457. The molecule has 0 aliphatic carbocycles. The average molecular weight is 258 g/mol. The molecule has 1 heterocycles. The van der Waals surface area contributed by atoms with Crippen LogP contribution in [0.25, 0.3) is 0 Å². The van der Waals surface area contributed by atoms with Gasteiger partial charge in [0.1, 0.15) is 0 Å².